The van der Waals surface area contributed by atoms with E-state index in [2.05, 4.69) is 20.1 Å². The number of rotatable bonds is 0. The maximum atomic E-state index is 11.7. The minimum absolute atomic E-state index is 0.0863. The molecule has 3 rings (SSSR count). The summed E-state index contributed by atoms with van der Waals surface area (Å²) in [6.45, 7) is 10.1. The van der Waals surface area contributed by atoms with Crippen LogP contribution in [0.5, 0.6) is 0 Å². The van der Waals surface area contributed by atoms with Gasteiger partial charge in [0.05, 0.1) is 6.10 Å². The molecule has 1 unspecified atom stereocenters. The number of ether oxygens (including phenoxy) is 1. The van der Waals surface area contributed by atoms with Crippen LogP contribution in [0.3, 0.4) is 0 Å². The Morgan fingerprint density at radius 3 is 2.83 bits per heavy atom. The first kappa shape index (κ1) is 12.0. The van der Waals surface area contributed by atoms with Gasteiger partial charge in [-0.3, -0.25) is 0 Å². The summed E-state index contributed by atoms with van der Waals surface area (Å²) in [7, 11) is 0. The number of fused-ring (bicyclic) bond motifs is 3. The van der Waals surface area contributed by atoms with E-state index in [1.165, 1.54) is 0 Å². The fraction of sp³-hybridized carbons (Fsp3) is 0.667. The Bertz CT molecular complexity index is 439. The van der Waals surface area contributed by atoms with Gasteiger partial charge in [0.25, 0.3) is 0 Å². The van der Waals surface area contributed by atoms with Gasteiger partial charge in [0, 0.05) is 22.8 Å². The summed E-state index contributed by atoms with van der Waals surface area (Å²) in [5.41, 5.74) is 1.54. The molecule has 1 heterocycles. The molecule has 0 amide bonds. The highest BCUT2D eigenvalue weighted by Crippen LogP contribution is 2.57. The van der Waals surface area contributed by atoms with Gasteiger partial charge < -0.3 is 9.84 Å². The standard InChI is InChI=1S/C15H20O3/c1-8-4-5-11(16)15(3)7-6-10-9(2)14(17)18-13(10)12(8)15/h10-13,16H,1-2,4-7H2,3H3/t10-,11+,12?,13-,15-/m0/s1. The van der Waals surface area contributed by atoms with Crippen LogP contribution < -0.4 is 0 Å². The average Bonchev–Trinajstić information content (AvgIpc) is 2.60. The summed E-state index contributed by atoms with van der Waals surface area (Å²) in [6.07, 6.45) is 2.93. The number of esters is 1. The molecule has 3 aliphatic rings. The van der Waals surface area contributed by atoms with Gasteiger partial charge in [-0.05, 0) is 25.7 Å². The second kappa shape index (κ2) is 3.70. The van der Waals surface area contributed by atoms with Gasteiger partial charge in [0.15, 0.2) is 0 Å². The fourth-order valence-electron chi connectivity index (χ4n) is 4.15. The smallest absolute Gasteiger partial charge is 0.334 e. The monoisotopic (exact) mass is 248 g/mol. The van der Waals surface area contributed by atoms with Crippen molar-refractivity contribution >= 4 is 5.97 Å². The molecule has 3 nitrogen and oxygen atoms in total. The Hall–Kier alpha value is -1.09. The van der Waals surface area contributed by atoms with Crippen LogP contribution in [0.4, 0.5) is 0 Å². The lowest BCUT2D eigenvalue weighted by molar-refractivity contribution is -0.150. The highest BCUT2D eigenvalue weighted by atomic mass is 16.6. The van der Waals surface area contributed by atoms with Crippen molar-refractivity contribution in [1.82, 2.24) is 0 Å². The van der Waals surface area contributed by atoms with Gasteiger partial charge in [-0.25, -0.2) is 4.79 Å². The van der Waals surface area contributed by atoms with Gasteiger partial charge in [0.2, 0.25) is 0 Å². The van der Waals surface area contributed by atoms with E-state index in [1.807, 2.05) is 0 Å². The van der Waals surface area contributed by atoms with Gasteiger partial charge in [0.1, 0.15) is 6.10 Å². The number of hydrogen-bond donors (Lipinski definition) is 1. The summed E-state index contributed by atoms with van der Waals surface area (Å²) < 4.78 is 5.52. The molecule has 0 aromatic rings. The summed E-state index contributed by atoms with van der Waals surface area (Å²) in [6, 6.07) is 0. The van der Waals surface area contributed by atoms with E-state index >= 15 is 0 Å². The first-order chi connectivity index (χ1) is 8.45. The second-order valence-corrected chi connectivity index (χ2v) is 6.24. The van der Waals surface area contributed by atoms with Crippen molar-refractivity contribution in [3.05, 3.63) is 24.3 Å². The van der Waals surface area contributed by atoms with Crippen LogP contribution in [0.2, 0.25) is 0 Å². The third kappa shape index (κ3) is 1.37. The van der Waals surface area contributed by atoms with Crippen molar-refractivity contribution in [2.75, 3.05) is 0 Å². The van der Waals surface area contributed by atoms with E-state index in [1.54, 1.807) is 0 Å². The number of carbonyl (C=O) groups is 1. The SMILES string of the molecule is C=C1CC[C@@H](O)[C@]2(C)CC[C@H]3C(=C)C(=O)O[C@@H]3C12. The lowest BCUT2D eigenvalue weighted by Crippen LogP contribution is -2.53. The van der Waals surface area contributed by atoms with Gasteiger partial charge in [-0.15, -0.1) is 0 Å². The quantitative estimate of drug-likeness (QED) is 0.406. The zero-order valence-electron chi connectivity index (χ0n) is 10.8. The molecule has 1 saturated heterocycles. The van der Waals surface area contributed by atoms with Gasteiger partial charge in [-0.1, -0.05) is 25.7 Å². The van der Waals surface area contributed by atoms with Crippen molar-refractivity contribution < 1.29 is 14.6 Å². The van der Waals surface area contributed by atoms with Crippen molar-refractivity contribution in [2.45, 2.75) is 44.8 Å². The molecule has 5 atom stereocenters. The van der Waals surface area contributed by atoms with Crippen molar-refractivity contribution in [3.8, 4) is 0 Å². The number of aliphatic hydroxyl groups excluding tert-OH is 1. The fourth-order valence-corrected chi connectivity index (χ4v) is 4.15. The van der Waals surface area contributed by atoms with Crippen LogP contribution in [-0.2, 0) is 9.53 Å². The summed E-state index contributed by atoms with van der Waals surface area (Å²) >= 11 is 0. The summed E-state index contributed by atoms with van der Waals surface area (Å²) in [5.74, 6) is -0.0528. The second-order valence-electron chi connectivity index (χ2n) is 6.24. The molecule has 2 aliphatic carbocycles. The Balaban J connectivity index is 2.00. The summed E-state index contributed by atoms with van der Waals surface area (Å²) in [4.78, 5) is 11.7. The molecule has 3 fully saturated rings. The van der Waals surface area contributed by atoms with Crippen LogP contribution in [0.25, 0.3) is 0 Å². The predicted molar refractivity (Wildman–Crippen MR) is 67.7 cm³/mol. The Labute approximate surface area is 108 Å². The van der Waals surface area contributed by atoms with Crippen LogP contribution in [0.15, 0.2) is 24.3 Å². The first-order valence-corrected chi connectivity index (χ1v) is 6.70. The van der Waals surface area contributed by atoms with Crippen LogP contribution in [0, 0.1) is 17.3 Å². The number of carbonyl (C=O) groups excluding carboxylic acids is 1. The minimum atomic E-state index is -0.318. The molecule has 0 aromatic carbocycles. The van der Waals surface area contributed by atoms with E-state index in [0.717, 1.165) is 31.3 Å². The van der Waals surface area contributed by atoms with E-state index in [9.17, 15) is 9.90 Å². The molecular weight excluding hydrogens is 228 g/mol. The van der Waals surface area contributed by atoms with E-state index in [0.29, 0.717) is 5.57 Å². The first-order valence-electron chi connectivity index (χ1n) is 6.70. The molecule has 0 spiro atoms. The van der Waals surface area contributed by atoms with Crippen molar-refractivity contribution in [3.63, 3.8) is 0 Å². The number of hydrogen-bond acceptors (Lipinski definition) is 3. The molecule has 2 saturated carbocycles. The highest BCUT2D eigenvalue weighted by Gasteiger charge is 2.57. The Morgan fingerprint density at radius 1 is 1.39 bits per heavy atom. The molecule has 3 heteroatoms. The van der Waals surface area contributed by atoms with Crippen LogP contribution in [-0.4, -0.2) is 23.3 Å². The zero-order valence-corrected chi connectivity index (χ0v) is 10.8. The third-order valence-corrected chi connectivity index (χ3v) is 5.32. The number of aliphatic hydroxyl groups is 1. The van der Waals surface area contributed by atoms with Crippen LogP contribution >= 0.6 is 0 Å². The molecule has 1 aliphatic heterocycles. The molecule has 0 bridgehead atoms. The molecule has 0 aromatic heterocycles. The van der Waals surface area contributed by atoms with E-state index in [-0.39, 0.29) is 35.4 Å². The zero-order chi connectivity index (χ0) is 13.1. The maximum Gasteiger partial charge on any atom is 0.334 e. The topological polar surface area (TPSA) is 46.5 Å². The maximum absolute atomic E-state index is 11.7. The molecule has 0 radical (unpaired) electrons. The highest BCUT2D eigenvalue weighted by molar-refractivity contribution is 5.91. The molecule has 98 valence electrons. The lowest BCUT2D eigenvalue weighted by Gasteiger charge is -2.52. The lowest BCUT2D eigenvalue weighted by atomic mass is 9.54. The molecule has 18 heavy (non-hydrogen) atoms. The predicted octanol–water partition coefficient (Wildman–Crippen LogP) is 2.21. The Morgan fingerprint density at radius 2 is 2.11 bits per heavy atom. The van der Waals surface area contributed by atoms with Crippen molar-refractivity contribution in [2.24, 2.45) is 17.3 Å². The van der Waals surface area contributed by atoms with Crippen LogP contribution in [0.1, 0.15) is 32.6 Å². The molecule has 1 N–H and O–H groups in total. The molecular formula is C15H20O3. The third-order valence-electron chi connectivity index (χ3n) is 5.32. The van der Waals surface area contributed by atoms with E-state index < -0.39 is 0 Å². The van der Waals surface area contributed by atoms with E-state index in [4.69, 9.17) is 4.74 Å². The van der Waals surface area contributed by atoms with Gasteiger partial charge in [-0.2, -0.15) is 0 Å². The van der Waals surface area contributed by atoms with Crippen molar-refractivity contribution in [1.29, 1.82) is 0 Å². The van der Waals surface area contributed by atoms with Gasteiger partial charge >= 0.3 is 5.97 Å². The Kier molecular flexibility index (Phi) is 2.46. The average molecular weight is 248 g/mol. The normalized spacial score (nSPS) is 47.6. The largest absolute Gasteiger partial charge is 0.458 e. The summed E-state index contributed by atoms with van der Waals surface area (Å²) in [5, 5.41) is 10.3. The minimum Gasteiger partial charge on any atom is -0.458 e.